The van der Waals surface area contributed by atoms with Crippen molar-refractivity contribution in [3.05, 3.63) is 24.0 Å². The SMILES string of the molecule is COC[C@@H](C)NC(=O)CN(C)S(=O)(=O)c1cc(F)ccc1OC. The third kappa shape index (κ3) is 5.15. The molecule has 0 spiro atoms. The van der Waals surface area contributed by atoms with Gasteiger partial charge in [0.2, 0.25) is 15.9 Å². The molecule has 0 aliphatic heterocycles. The highest BCUT2D eigenvalue weighted by Gasteiger charge is 2.27. The van der Waals surface area contributed by atoms with Gasteiger partial charge in [0.1, 0.15) is 16.5 Å². The quantitative estimate of drug-likeness (QED) is 0.744. The molecule has 0 aliphatic rings. The van der Waals surface area contributed by atoms with E-state index in [1.165, 1.54) is 27.3 Å². The molecule has 1 atom stereocenters. The lowest BCUT2D eigenvalue weighted by atomic mass is 10.3. The number of rotatable bonds is 8. The molecular formula is C14H21FN2O5S. The lowest BCUT2D eigenvalue weighted by Crippen LogP contribution is -2.43. The van der Waals surface area contributed by atoms with Crippen molar-refractivity contribution in [3.8, 4) is 5.75 Å². The Bertz CT molecular complexity index is 651. The number of methoxy groups -OCH3 is 2. The molecule has 7 nitrogen and oxygen atoms in total. The van der Waals surface area contributed by atoms with Gasteiger partial charge >= 0.3 is 0 Å². The number of ether oxygens (including phenoxy) is 2. The lowest BCUT2D eigenvalue weighted by molar-refractivity contribution is -0.122. The maximum absolute atomic E-state index is 13.4. The topological polar surface area (TPSA) is 84.9 Å². The Balaban J connectivity index is 2.92. The number of halogens is 1. The van der Waals surface area contributed by atoms with Crippen molar-refractivity contribution in [2.45, 2.75) is 17.9 Å². The molecule has 0 saturated heterocycles. The first-order valence-electron chi connectivity index (χ1n) is 6.80. The van der Waals surface area contributed by atoms with Gasteiger partial charge in [-0.2, -0.15) is 4.31 Å². The van der Waals surface area contributed by atoms with Crippen molar-refractivity contribution in [2.75, 3.05) is 34.4 Å². The highest BCUT2D eigenvalue weighted by molar-refractivity contribution is 7.89. The largest absolute Gasteiger partial charge is 0.495 e. The number of likely N-dealkylation sites (N-methyl/N-ethyl adjacent to an activating group) is 1. The first-order chi connectivity index (χ1) is 10.7. The van der Waals surface area contributed by atoms with Gasteiger partial charge in [0.15, 0.2) is 0 Å². The fraction of sp³-hybridized carbons (Fsp3) is 0.500. The Morgan fingerprint density at radius 1 is 1.39 bits per heavy atom. The number of sulfonamides is 1. The van der Waals surface area contributed by atoms with Gasteiger partial charge in [-0.1, -0.05) is 0 Å². The van der Waals surface area contributed by atoms with Gasteiger partial charge in [-0.05, 0) is 25.1 Å². The zero-order valence-corrected chi connectivity index (χ0v) is 14.3. The van der Waals surface area contributed by atoms with Gasteiger partial charge in [0.05, 0.1) is 20.3 Å². The van der Waals surface area contributed by atoms with Gasteiger partial charge in [-0.25, -0.2) is 12.8 Å². The number of nitrogens with zero attached hydrogens (tertiary/aromatic N) is 1. The van der Waals surface area contributed by atoms with Crippen LogP contribution in [0.15, 0.2) is 23.1 Å². The average Bonchev–Trinajstić information content (AvgIpc) is 2.47. The van der Waals surface area contributed by atoms with Crippen LogP contribution in [0.4, 0.5) is 4.39 Å². The fourth-order valence-corrected chi connectivity index (χ4v) is 3.21. The predicted octanol–water partition coefficient (Wildman–Crippen LogP) is 0.606. The summed E-state index contributed by atoms with van der Waals surface area (Å²) in [6, 6.07) is 2.91. The van der Waals surface area contributed by atoms with E-state index >= 15 is 0 Å². The van der Waals surface area contributed by atoms with E-state index in [9.17, 15) is 17.6 Å². The number of amides is 1. The molecule has 0 saturated carbocycles. The summed E-state index contributed by atoms with van der Waals surface area (Å²) in [4.78, 5) is 11.5. The Labute approximate surface area is 135 Å². The molecule has 0 aromatic heterocycles. The van der Waals surface area contributed by atoms with E-state index in [0.717, 1.165) is 16.4 Å². The zero-order valence-electron chi connectivity index (χ0n) is 13.5. The smallest absolute Gasteiger partial charge is 0.247 e. The van der Waals surface area contributed by atoms with Crippen LogP contribution in [0.1, 0.15) is 6.92 Å². The summed E-state index contributed by atoms with van der Waals surface area (Å²) < 4.78 is 49.0. The molecule has 1 amide bonds. The normalized spacial score (nSPS) is 13.0. The number of carbonyl (C=O) groups excluding carboxylic acids is 1. The summed E-state index contributed by atoms with van der Waals surface area (Å²) in [7, 11) is -0.0561. The molecule has 0 bridgehead atoms. The van der Waals surface area contributed by atoms with Crippen molar-refractivity contribution in [1.29, 1.82) is 0 Å². The maximum atomic E-state index is 13.4. The van der Waals surface area contributed by atoms with Crippen molar-refractivity contribution in [3.63, 3.8) is 0 Å². The average molecular weight is 348 g/mol. The van der Waals surface area contributed by atoms with Gasteiger partial charge in [-0.15, -0.1) is 0 Å². The molecule has 1 aromatic carbocycles. The summed E-state index contributed by atoms with van der Waals surface area (Å²) in [6.07, 6.45) is 0. The number of carbonyl (C=O) groups is 1. The van der Waals surface area contributed by atoms with E-state index in [4.69, 9.17) is 9.47 Å². The van der Waals surface area contributed by atoms with Crippen LogP contribution >= 0.6 is 0 Å². The maximum Gasteiger partial charge on any atom is 0.247 e. The standard InChI is InChI=1S/C14H21FN2O5S/c1-10(9-21-3)16-14(18)8-17(2)23(19,20)13-7-11(15)5-6-12(13)22-4/h5-7,10H,8-9H2,1-4H3,(H,16,18)/t10-/m1/s1. The van der Waals surface area contributed by atoms with Crippen molar-refractivity contribution in [1.82, 2.24) is 9.62 Å². The molecule has 1 aromatic rings. The summed E-state index contributed by atoms with van der Waals surface area (Å²) >= 11 is 0. The highest BCUT2D eigenvalue weighted by atomic mass is 32.2. The number of nitrogens with one attached hydrogen (secondary N) is 1. The summed E-state index contributed by atoms with van der Waals surface area (Å²) in [5.74, 6) is -1.20. The fourth-order valence-electron chi connectivity index (χ4n) is 1.92. The van der Waals surface area contributed by atoms with Crippen LogP contribution in [0.5, 0.6) is 5.75 Å². The van der Waals surface area contributed by atoms with Crippen LogP contribution in [0.25, 0.3) is 0 Å². The van der Waals surface area contributed by atoms with Gasteiger partial charge in [0.25, 0.3) is 0 Å². The minimum Gasteiger partial charge on any atom is -0.495 e. The zero-order chi connectivity index (χ0) is 17.6. The molecular weight excluding hydrogens is 327 g/mol. The van der Waals surface area contributed by atoms with E-state index < -0.39 is 28.3 Å². The predicted molar refractivity (Wildman–Crippen MR) is 82.2 cm³/mol. The van der Waals surface area contributed by atoms with Gasteiger partial charge in [0, 0.05) is 20.2 Å². The molecule has 0 aliphatic carbocycles. The minimum atomic E-state index is -4.07. The lowest BCUT2D eigenvalue weighted by Gasteiger charge is -2.20. The van der Waals surface area contributed by atoms with E-state index in [2.05, 4.69) is 5.32 Å². The first kappa shape index (κ1) is 19.3. The summed E-state index contributed by atoms with van der Waals surface area (Å²) in [6.45, 7) is 1.63. The van der Waals surface area contributed by atoms with Crippen LogP contribution in [0.2, 0.25) is 0 Å². The van der Waals surface area contributed by atoms with Crippen molar-refractivity contribution >= 4 is 15.9 Å². The Morgan fingerprint density at radius 3 is 2.61 bits per heavy atom. The number of hydrogen-bond donors (Lipinski definition) is 1. The third-order valence-corrected chi connectivity index (χ3v) is 4.83. The van der Waals surface area contributed by atoms with Crippen molar-refractivity contribution in [2.24, 2.45) is 0 Å². The Morgan fingerprint density at radius 2 is 2.04 bits per heavy atom. The van der Waals surface area contributed by atoms with E-state index in [-0.39, 0.29) is 16.7 Å². The molecule has 1 rings (SSSR count). The molecule has 130 valence electrons. The van der Waals surface area contributed by atoms with Crippen LogP contribution in [-0.2, 0) is 19.6 Å². The van der Waals surface area contributed by atoms with Crippen LogP contribution in [-0.4, -0.2) is 59.1 Å². The molecule has 23 heavy (non-hydrogen) atoms. The highest BCUT2D eigenvalue weighted by Crippen LogP contribution is 2.26. The second-order valence-corrected chi connectivity index (χ2v) is 6.99. The third-order valence-electron chi connectivity index (χ3n) is 3.00. The second-order valence-electron chi connectivity index (χ2n) is 4.98. The second kappa shape index (κ2) is 8.23. The molecule has 0 unspecified atom stereocenters. The van der Waals surface area contributed by atoms with Crippen molar-refractivity contribution < 1.29 is 27.1 Å². The monoisotopic (exact) mass is 348 g/mol. The van der Waals surface area contributed by atoms with Crippen LogP contribution in [0.3, 0.4) is 0 Å². The van der Waals surface area contributed by atoms with Crippen LogP contribution in [0, 0.1) is 5.82 Å². The molecule has 0 heterocycles. The van der Waals surface area contributed by atoms with Gasteiger partial charge < -0.3 is 14.8 Å². The van der Waals surface area contributed by atoms with Gasteiger partial charge in [-0.3, -0.25) is 4.79 Å². The first-order valence-corrected chi connectivity index (χ1v) is 8.24. The molecule has 0 fully saturated rings. The summed E-state index contributed by atoms with van der Waals surface area (Å²) in [5.41, 5.74) is 0. The molecule has 1 N–H and O–H groups in total. The number of benzene rings is 1. The van der Waals surface area contributed by atoms with E-state index in [0.29, 0.717) is 6.61 Å². The number of hydrogen-bond acceptors (Lipinski definition) is 5. The Kier molecular flexibility index (Phi) is 6.92. The van der Waals surface area contributed by atoms with E-state index in [1.807, 2.05) is 0 Å². The minimum absolute atomic E-state index is 0.00593. The van der Waals surface area contributed by atoms with E-state index in [1.54, 1.807) is 6.92 Å². The molecule has 9 heteroatoms. The molecule has 0 radical (unpaired) electrons. The summed E-state index contributed by atoms with van der Waals surface area (Å²) in [5, 5.41) is 2.60. The Hall–Kier alpha value is -1.71. The van der Waals surface area contributed by atoms with Crippen LogP contribution < -0.4 is 10.1 Å².